The lowest BCUT2D eigenvalue weighted by Crippen LogP contribution is -2.25. The van der Waals surface area contributed by atoms with Gasteiger partial charge in [0.1, 0.15) is 11.4 Å². The van der Waals surface area contributed by atoms with Gasteiger partial charge < -0.3 is 14.5 Å². The molecule has 0 aliphatic heterocycles. The van der Waals surface area contributed by atoms with Gasteiger partial charge in [-0.1, -0.05) is 30.3 Å². The topological polar surface area (TPSA) is 59.8 Å². The number of benzene rings is 2. The number of aromatic nitrogens is 1. The summed E-state index contributed by atoms with van der Waals surface area (Å²) in [5, 5.41) is 2.78. The maximum Gasteiger partial charge on any atom is 0.298 e. The molecule has 1 N–H and O–H groups in total. The fraction of sp³-hybridized carbons (Fsp3) is 0.120. The Morgan fingerprint density at radius 1 is 0.933 bits per heavy atom. The first kappa shape index (κ1) is 19.5. The molecule has 4 aromatic rings. The van der Waals surface area contributed by atoms with Crippen LogP contribution in [0.15, 0.2) is 72.9 Å². The number of nitrogens with one attached hydrogen (secondary N) is 1. The first-order valence-corrected chi connectivity index (χ1v) is 9.66. The van der Waals surface area contributed by atoms with Crippen molar-refractivity contribution >= 4 is 22.9 Å². The van der Waals surface area contributed by atoms with Gasteiger partial charge in [0.05, 0.1) is 7.11 Å². The summed E-state index contributed by atoms with van der Waals surface area (Å²) >= 11 is 0. The van der Waals surface area contributed by atoms with Crippen LogP contribution < -0.4 is 10.1 Å². The molecule has 2 aromatic heterocycles. The molecule has 0 saturated heterocycles. The smallest absolute Gasteiger partial charge is 0.298 e. The van der Waals surface area contributed by atoms with Crippen molar-refractivity contribution in [2.45, 2.75) is 13.8 Å². The highest BCUT2D eigenvalue weighted by Crippen LogP contribution is 2.30. The summed E-state index contributed by atoms with van der Waals surface area (Å²) in [6.45, 7) is 3.89. The number of rotatable bonds is 5. The number of pyridine rings is 1. The standard InChI is InChI=1S/C25H22N2O3/c1-16-7-6-9-22(17(16)2)26-25(29)24(28)23-21(15-19-8-4-5-14-27(19)23)18-10-12-20(30-3)13-11-18/h4-15H,1-3H3,(H,26,29). The number of amides is 1. The Hall–Kier alpha value is -3.86. The van der Waals surface area contributed by atoms with Gasteiger partial charge in [0, 0.05) is 23.0 Å². The number of ether oxygens (including phenoxy) is 1. The van der Waals surface area contributed by atoms with Gasteiger partial charge >= 0.3 is 0 Å². The van der Waals surface area contributed by atoms with Crippen LogP contribution in [0, 0.1) is 13.8 Å². The van der Waals surface area contributed by atoms with E-state index in [1.54, 1.807) is 23.8 Å². The minimum atomic E-state index is -0.665. The van der Waals surface area contributed by atoms with Crippen LogP contribution in [0.5, 0.6) is 5.75 Å². The second-order valence-electron chi connectivity index (χ2n) is 7.16. The number of hydrogen-bond donors (Lipinski definition) is 1. The van der Waals surface area contributed by atoms with Crippen LogP contribution in [-0.2, 0) is 4.79 Å². The van der Waals surface area contributed by atoms with E-state index in [2.05, 4.69) is 5.32 Å². The number of Topliss-reactive ketones (excluding diaryl/α,β-unsaturated/α-hetero) is 1. The number of ketones is 1. The van der Waals surface area contributed by atoms with E-state index in [0.29, 0.717) is 16.9 Å². The fourth-order valence-corrected chi connectivity index (χ4v) is 3.52. The summed E-state index contributed by atoms with van der Waals surface area (Å²) < 4.78 is 6.99. The summed E-state index contributed by atoms with van der Waals surface area (Å²) in [6.07, 6.45) is 1.79. The Kier molecular flexibility index (Phi) is 5.11. The zero-order chi connectivity index (χ0) is 21.3. The molecule has 4 rings (SSSR count). The molecule has 150 valence electrons. The van der Waals surface area contributed by atoms with Gasteiger partial charge in [0.2, 0.25) is 0 Å². The van der Waals surface area contributed by atoms with Crippen LogP contribution in [0.1, 0.15) is 21.6 Å². The molecule has 0 aliphatic rings. The molecular formula is C25H22N2O3. The summed E-state index contributed by atoms with van der Waals surface area (Å²) in [4.78, 5) is 26.2. The zero-order valence-electron chi connectivity index (χ0n) is 17.1. The molecule has 0 atom stereocenters. The van der Waals surface area contributed by atoms with E-state index in [-0.39, 0.29) is 0 Å². The molecule has 0 radical (unpaired) electrons. The van der Waals surface area contributed by atoms with Gasteiger partial charge in [0.25, 0.3) is 11.7 Å². The van der Waals surface area contributed by atoms with E-state index in [9.17, 15) is 9.59 Å². The number of methoxy groups -OCH3 is 1. The van der Waals surface area contributed by atoms with Crippen molar-refractivity contribution in [2.24, 2.45) is 0 Å². The van der Waals surface area contributed by atoms with Gasteiger partial charge in [0.15, 0.2) is 0 Å². The third-order valence-corrected chi connectivity index (χ3v) is 5.35. The molecule has 30 heavy (non-hydrogen) atoms. The Bertz CT molecular complexity index is 1250. The van der Waals surface area contributed by atoms with E-state index in [0.717, 1.165) is 28.0 Å². The number of hydrogen-bond acceptors (Lipinski definition) is 3. The maximum absolute atomic E-state index is 13.3. The predicted molar refractivity (Wildman–Crippen MR) is 118 cm³/mol. The van der Waals surface area contributed by atoms with Crippen molar-refractivity contribution in [3.05, 3.63) is 89.7 Å². The van der Waals surface area contributed by atoms with Crippen LogP contribution in [0.2, 0.25) is 0 Å². The Morgan fingerprint density at radius 2 is 1.70 bits per heavy atom. The van der Waals surface area contributed by atoms with Crippen LogP contribution in [0.3, 0.4) is 0 Å². The number of carbonyl (C=O) groups excluding carboxylic acids is 2. The number of aryl methyl sites for hydroxylation is 1. The summed E-state index contributed by atoms with van der Waals surface area (Å²) in [5.41, 5.74) is 5.33. The molecule has 2 aromatic carbocycles. The van der Waals surface area contributed by atoms with Gasteiger partial charge in [-0.05, 0) is 66.9 Å². The number of fused-ring (bicyclic) bond motifs is 1. The summed E-state index contributed by atoms with van der Waals surface area (Å²) in [5.74, 6) is -0.529. The monoisotopic (exact) mass is 398 g/mol. The SMILES string of the molecule is COc1ccc(-c2cc3ccccn3c2C(=O)C(=O)Nc2cccc(C)c2C)cc1. The van der Waals surface area contributed by atoms with Gasteiger partial charge in [-0.3, -0.25) is 9.59 Å². The van der Waals surface area contributed by atoms with Crippen LogP contribution in [-0.4, -0.2) is 23.2 Å². The fourth-order valence-electron chi connectivity index (χ4n) is 3.52. The van der Waals surface area contributed by atoms with Crippen molar-refractivity contribution in [1.82, 2.24) is 4.40 Å². The quantitative estimate of drug-likeness (QED) is 0.378. The van der Waals surface area contributed by atoms with Crippen LogP contribution in [0.25, 0.3) is 16.6 Å². The van der Waals surface area contributed by atoms with E-state index >= 15 is 0 Å². The first-order chi connectivity index (χ1) is 14.5. The van der Waals surface area contributed by atoms with Crippen molar-refractivity contribution < 1.29 is 14.3 Å². The van der Waals surface area contributed by atoms with E-state index < -0.39 is 11.7 Å². The van der Waals surface area contributed by atoms with Crippen LogP contribution in [0.4, 0.5) is 5.69 Å². The van der Waals surface area contributed by atoms with Crippen molar-refractivity contribution in [2.75, 3.05) is 12.4 Å². The second-order valence-corrected chi connectivity index (χ2v) is 7.16. The molecule has 0 bridgehead atoms. The molecule has 2 heterocycles. The zero-order valence-corrected chi connectivity index (χ0v) is 17.1. The molecule has 0 saturated carbocycles. The predicted octanol–water partition coefficient (Wildman–Crippen LogP) is 5.05. The Labute approximate surface area is 174 Å². The highest BCUT2D eigenvalue weighted by atomic mass is 16.5. The van der Waals surface area contributed by atoms with Crippen molar-refractivity contribution in [1.29, 1.82) is 0 Å². The van der Waals surface area contributed by atoms with Gasteiger partial charge in [-0.15, -0.1) is 0 Å². The average molecular weight is 398 g/mol. The largest absolute Gasteiger partial charge is 0.497 e. The normalized spacial score (nSPS) is 10.8. The van der Waals surface area contributed by atoms with Gasteiger partial charge in [-0.2, -0.15) is 0 Å². The molecule has 5 nitrogen and oxygen atoms in total. The first-order valence-electron chi connectivity index (χ1n) is 9.66. The molecule has 0 aliphatic carbocycles. The Morgan fingerprint density at radius 3 is 2.43 bits per heavy atom. The lowest BCUT2D eigenvalue weighted by atomic mass is 10.0. The summed E-state index contributed by atoms with van der Waals surface area (Å²) in [6, 6.07) is 20.6. The molecular weight excluding hydrogens is 376 g/mol. The number of anilines is 1. The van der Waals surface area contributed by atoms with Crippen LogP contribution >= 0.6 is 0 Å². The molecule has 5 heteroatoms. The maximum atomic E-state index is 13.3. The lowest BCUT2D eigenvalue weighted by molar-refractivity contribution is -0.112. The molecule has 0 unspecified atom stereocenters. The minimum Gasteiger partial charge on any atom is -0.497 e. The van der Waals surface area contributed by atoms with E-state index in [4.69, 9.17) is 4.74 Å². The highest BCUT2D eigenvalue weighted by Gasteiger charge is 2.25. The Balaban J connectivity index is 1.77. The average Bonchev–Trinajstić information content (AvgIpc) is 3.16. The third-order valence-electron chi connectivity index (χ3n) is 5.35. The molecule has 1 amide bonds. The lowest BCUT2D eigenvalue weighted by Gasteiger charge is -2.11. The van der Waals surface area contributed by atoms with E-state index in [1.165, 1.54) is 0 Å². The number of nitrogens with zero attached hydrogens (tertiary/aromatic N) is 1. The molecule has 0 fully saturated rings. The minimum absolute atomic E-state index is 0.332. The van der Waals surface area contributed by atoms with Gasteiger partial charge in [-0.25, -0.2) is 0 Å². The summed E-state index contributed by atoms with van der Waals surface area (Å²) in [7, 11) is 1.61. The highest BCUT2D eigenvalue weighted by molar-refractivity contribution is 6.47. The second kappa shape index (κ2) is 7.87. The van der Waals surface area contributed by atoms with Crippen molar-refractivity contribution in [3.8, 4) is 16.9 Å². The third kappa shape index (κ3) is 3.46. The molecule has 0 spiro atoms. The number of carbonyl (C=O) groups is 2. The van der Waals surface area contributed by atoms with Crippen molar-refractivity contribution in [3.63, 3.8) is 0 Å². The van der Waals surface area contributed by atoms with E-state index in [1.807, 2.05) is 74.5 Å².